The summed E-state index contributed by atoms with van der Waals surface area (Å²) < 4.78 is 2.04. The minimum atomic E-state index is 0.652. The third-order valence-electron chi connectivity index (χ3n) is 2.45. The van der Waals surface area contributed by atoms with Crippen LogP contribution in [-0.2, 0) is 0 Å². The van der Waals surface area contributed by atoms with Crippen molar-refractivity contribution in [2.75, 3.05) is 17.6 Å². The molecular weight excluding hydrogens is 244 g/mol. The number of imidazole rings is 1. The van der Waals surface area contributed by atoms with E-state index in [1.807, 2.05) is 23.0 Å². The Morgan fingerprint density at radius 3 is 3.00 bits per heavy atom. The molecule has 2 aromatic heterocycles. The number of nitrogens with one attached hydrogen (secondary N) is 1. The van der Waals surface area contributed by atoms with Gasteiger partial charge in [0, 0.05) is 24.7 Å². The Morgan fingerprint density at radius 1 is 1.44 bits per heavy atom. The van der Waals surface area contributed by atoms with Crippen LogP contribution in [0.2, 0.25) is 0 Å². The van der Waals surface area contributed by atoms with Crippen molar-refractivity contribution in [1.82, 2.24) is 14.4 Å². The second-order valence-electron chi connectivity index (χ2n) is 4.72. The molecule has 2 rings (SSSR count). The van der Waals surface area contributed by atoms with E-state index in [9.17, 15) is 0 Å². The molecule has 2 heterocycles. The van der Waals surface area contributed by atoms with Crippen LogP contribution in [0.25, 0.3) is 5.65 Å². The second kappa shape index (κ2) is 6.09. The topological polar surface area (TPSA) is 42.2 Å². The summed E-state index contributed by atoms with van der Waals surface area (Å²) in [5.41, 5.74) is 0.947. The van der Waals surface area contributed by atoms with Gasteiger partial charge in [0.2, 0.25) is 0 Å². The lowest BCUT2D eigenvalue weighted by Crippen LogP contribution is -2.05. The Hall–Kier alpha value is -1.23. The molecule has 0 saturated carbocycles. The maximum absolute atomic E-state index is 4.65. The van der Waals surface area contributed by atoms with E-state index < -0.39 is 0 Å². The van der Waals surface area contributed by atoms with Crippen LogP contribution in [0.4, 0.5) is 5.82 Å². The van der Waals surface area contributed by atoms with Crippen LogP contribution in [0.5, 0.6) is 0 Å². The van der Waals surface area contributed by atoms with E-state index in [0.717, 1.165) is 35.2 Å². The first-order chi connectivity index (χ1) is 8.70. The summed E-state index contributed by atoms with van der Waals surface area (Å²) in [6.45, 7) is 7.53. The van der Waals surface area contributed by atoms with Gasteiger partial charge in [0.15, 0.2) is 5.65 Å². The van der Waals surface area contributed by atoms with Gasteiger partial charge in [0.25, 0.3) is 0 Å². The molecule has 0 aromatic carbocycles. The summed E-state index contributed by atoms with van der Waals surface area (Å²) in [7, 11) is 0. The molecule has 0 amide bonds. The molecular formula is C13H20N4S. The number of anilines is 1. The molecule has 0 bridgehead atoms. The van der Waals surface area contributed by atoms with Crippen molar-refractivity contribution < 1.29 is 0 Å². The number of hydrogen-bond donors (Lipinski definition) is 1. The molecule has 5 heteroatoms. The maximum Gasteiger partial charge on any atom is 0.169 e. The van der Waals surface area contributed by atoms with Crippen LogP contribution in [0.1, 0.15) is 27.2 Å². The first-order valence-electron chi connectivity index (χ1n) is 6.41. The predicted molar refractivity (Wildman–Crippen MR) is 77.3 cm³/mol. The van der Waals surface area contributed by atoms with Gasteiger partial charge in [-0.05, 0) is 12.3 Å². The number of thioether (sulfide) groups is 1. The van der Waals surface area contributed by atoms with Crippen LogP contribution < -0.4 is 5.32 Å². The summed E-state index contributed by atoms with van der Waals surface area (Å²) >= 11 is 1.78. The highest BCUT2D eigenvalue weighted by Crippen LogP contribution is 2.24. The van der Waals surface area contributed by atoms with Gasteiger partial charge in [-0.3, -0.25) is 0 Å². The highest BCUT2D eigenvalue weighted by molar-refractivity contribution is 7.99. The minimum Gasteiger partial charge on any atom is -0.369 e. The average Bonchev–Trinajstić information content (AvgIpc) is 2.81. The third-order valence-corrected chi connectivity index (χ3v) is 3.83. The Labute approximate surface area is 112 Å². The van der Waals surface area contributed by atoms with Crippen molar-refractivity contribution in [3.8, 4) is 0 Å². The van der Waals surface area contributed by atoms with Crippen molar-refractivity contribution in [3.05, 3.63) is 18.6 Å². The molecule has 0 radical (unpaired) electrons. The second-order valence-corrected chi connectivity index (χ2v) is 5.73. The summed E-state index contributed by atoms with van der Waals surface area (Å²) in [6, 6.07) is 0. The van der Waals surface area contributed by atoms with E-state index in [0.29, 0.717) is 5.92 Å². The largest absolute Gasteiger partial charge is 0.369 e. The molecule has 0 aliphatic heterocycles. The third kappa shape index (κ3) is 3.16. The summed E-state index contributed by atoms with van der Waals surface area (Å²) in [4.78, 5) is 9.02. The van der Waals surface area contributed by atoms with Crippen molar-refractivity contribution in [2.24, 2.45) is 5.92 Å². The highest BCUT2D eigenvalue weighted by Gasteiger charge is 2.08. The number of aromatic nitrogens is 3. The monoisotopic (exact) mass is 264 g/mol. The molecule has 98 valence electrons. The van der Waals surface area contributed by atoms with E-state index in [2.05, 4.69) is 36.1 Å². The zero-order valence-electron chi connectivity index (χ0n) is 11.2. The van der Waals surface area contributed by atoms with E-state index in [-0.39, 0.29) is 0 Å². The van der Waals surface area contributed by atoms with Gasteiger partial charge in [0.1, 0.15) is 10.8 Å². The molecule has 0 unspecified atom stereocenters. The quantitative estimate of drug-likeness (QED) is 0.813. The number of nitrogens with zero attached hydrogens (tertiary/aromatic N) is 3. The molecule has 0 spiro atoms. The summed E-state index contributed by atoms with van der Waals surface area (Å²) in [5, 5.41) is 4.34. The van der Waals surface area contributed by atoms with Crippen LogP contribution in [0, 0.1) is 5.92 Å². The number of rotatable bonds is 6. The Morgan fingerprint density at radius 2 is 2.28 bits per heavy atom. The highest BCUT2D eigenvalue weighted by atomic mass is 32.2. The van der Waals surface area contributed by atoms with Crippen molar-refractivity contribution in [1.29, 1.82) is 0 Å². The predicted octanol–water partition coefficient (Wildman–Crippen LogP) is 3.30. The fraction of sp³-hybridized carbons (Fsp3) is 0.538. The van der Waals surface area contributed by atoms with Crippen LogP contribution >= 0.6 is 11.8 Å². The zero-order chi connectivity index (χ0) is 13.0. The van der Waals surface area contributed by atoms with E-state index >= 15 is 0 Å². The average molecular weight is 264 g/mol. The van der Waals surface area contributed by atoms with E-state index in [1.54, 1.807) is 11.8 Å². The smallest absolute Gasteiger partial charge is 0.169 e. The van der Waals surface area contributed by atoms with Crippen LogP contribution in [0.15, 0.2) is 23.6 Å². The number of fused-ring (bicyclic) bond motifs is 1. The fourth-order valence-electron chi connectivity index (χ4n) is 1.58. The number of hydrogen-bond acceptors (Lipinski definition) is 4. The molecule has 1 N–H and O–H groups in total. The Bertz CT molecular complexity index is 507. The lowest BCUT2D eigenvalue weighted by molar-refractivity contribution is 0.749. The van der Waals surface area contributed by atoms with Gasteiger partial charge in [-0.15, -0.1) is 11.8 Å². The molecule has 2 aromatic rings. The first kappa shape index (κ1) is 13.2. The van der Waals surface area contributed by atoms with Gasteiger partial charge in [-0.25, -0.2) is 9.97 Å². The molecule has 18 heavy (non-hydrogen) atoms. The molecule has 0 fully saturated rings. The lowest BCUT2D eigenvalue weighted by Gasteiger charge is -2.09. The van der Waals surface area contributed by atoms with Gasteiger partial charge >= 0.3 is 0 Å². The molecule has 4 nitrogen and oxygen atoms in total. The first-order valence-corrected chi connectivity index (χ1v) is 7.39. The lowest BCUT2D eigenvalue weighted by atomic mass is 10.3. The summed E-state index contributed by atoms with van der Waals surface area (Å²) in [6.07, 6.45) is 6.88. The molecule has 0 atom stereocenters. The van der Waals surface area contributed by atoms with Crippen molar-refractivity contribution >= 4 is 23.2 Å². The normalized spacial score (nSPS) is 11.3. The molecule has 0 saturated heterocycles. The Kier molecular flexibility index (Phi) is 4.47. The molecule has 0 aliphatic rings. The Balaban J connectivity index is 2.26. The van der Waals surface area contributed by atoms with Gasteiger partial charge in [-0.2, -0.15) is 0 Å². The summed E-state index contributed by atoms with van der Waals surface area (Å²) in [5.74, 6) is 2.64. The van der Waals surface area contributed by atoms with Crippen molar-refractivity contribution in [2.45, 2.75) is 32.2 Å². The van der Waals surface area contributed by atoms with E-state index in [1.165, 1.54) is 0 Å². The van der Waals surface area contributed by atoms with Crippen LogP contribution in [-0.4, -0.2) is 26.7 Å². The zero-order valence-corrected chi connectivity index (χ0v) is 12.0. The van der Waals surface area contributed by atoms with Gasteiger partial charge < -0.3 is 9.72 Å². The van der Waals surface area contributed by atoms with Crippen molar-refractivity contribution in [3.63, 3.8) is 0 Å². The maximum atomic E-state index is 4.65. The van der Waals surface area contributed by atoms with Crippen LogP contribution in [0.3, 0.4) is 0 Å². The van der Waals surface area contributed by atoms with E-state index in [4.69, 9.17) is 0 Å². The van der Waals surface area contributed by atoms with Gasteiger partial charge in [0.05, 0.1) is 6.20 Å². The SMILES string of the molecule is CCCNc1cn2ccnc2c(SCC(C)C)n1. The van der Waals surface area contributed by atoms with Gasteiger partial charge in [-0.1, -0.05) is 20.8 Å². The standard InChI is InChI=1S/C13H20N4S/c1-4-5-14-11-8-17-7-6-15-12(17)13(16-11)18-9-10(2)3/h6-8,10,14H,4-5,9H2,1-3H3. The minimum absolute atomic E-state index is 0.652. The molecule has 0 aliphatic carbocycles. The fourth-order valence-corrected chi connectivity index (χ4v) is 2.52.